The third-order valence-electron chi connectivity index (χ3n) is 4.00. The van der Waals surface area contributed by atoms with Crippen molar-refractivity contribution in [3.8, 4) is 11.4 Å². The summed E-state index contributed by atoms with van der Waals surface area (Å²) in [7, 11) is 6.01. The molecule has 0 aliphatic rings. The van der Waals surface area contributed by atoms with Gasteiger partial charge in [-0.25, -0.2) is 14.4 Å². The molecule has 130 valence electrons. The van der Waals surface area contributed by atoms with E-state index in [-0.39, 0.29) is 5.82 Å². The Labute approximate surface area is 151 Å². The molecule has 0 unspecified atom stereocenters. The highest BCUT2D eigenvalue weighted by molar-refractivity contribution is 6.31. The van der Waals surface area contributed by atoms with E-state index in [2.05, 4.69) is 14.9 Å². The maximum absolute atomic E-state index is 14.2. The van der Waals surface area contributed by atoms with Crippen molar-refractivity contribution < 1.29 is 4.39 Å². The number of likely N-dealkylation sites (N-methyl/N-ethyl adjacent to an activating group) is 2. The molecule has 3 aromatic rings. The molecular weight excluding hydrogens is 339 g/mol. The van der Waals surface area contributed by atoms with Crippen molar-refractivity contribution in [3.63, 3.8) is 0 Å². The van der Waals surface area contributed by atoms with Crippen molar-refractivity contribution in [2.45, 2.75) is 0 Å². The number of aromatic nitrogens is 2. The fourth-order valence-electron chi connectivity index (χ4n) is 2.59. The van der Waals surface area contributed by atoms with Gasteiger partial charge in [0.25, 0.3) is 0 Å². The maximum Gasteiger partial charge on any atom is 0.165 e. The average molecular weight is 359 g/mol. The highest BCUT2D eigenvalue weighted by Gasteiger charge is 2.15. The first kappa shape index (κ1) is 17.6. The molecular formula is C19H20ClFN4. The summed E-state index contributed by atoms with van der Waals surface area (Å²) in [5, 5.41) is 1.48. The first-order valence-corrected chi connectivity index (χ1v) is 8.41. The molecule has 0 saturated carbocycles. The molecule has 0 atom stereocenters. The lowest BCUT2D eigenvalue weighted by atomic mass is 10.1. The Morgan fingerprint density at radius 1 is 1.00 bits per heavy atom. The number of hydrogen-bond acceptors (Lipinski definition) is 4. The average Bonchev–Trinajstić information content (AvgIpc) is 2.59. The fraction of sp³-hybridized carbons (Fsp3) is 0.263. The van der Waals surface area contributed by atoms with E-state index in [9.17, 15) is 4.39 Å². The second-order valence-corrected chi connectivity index (χ2v) is 6.67. The fourth-order valence-corrected chi connectivity index (χ4v) is 2.77. The summed E-state index contributed by atoms with van der Waals surface area (Å²) in [6, 6.07) is 12.0. The Hall–Kier alpha value is -2.24. The highest BCUT2D eigenvalue weighted by atomic mass is 35.5. The van der Waals surface area contributed by atoms with E-state index in [0.29, 0.717) is 16.4 Å². The van der Waals surface area contributed by atoms with Crippen molar-refractivity contribution in [2.75, 3.05) is 39.1 Å². The van der Waals surface area contributed by atoms with Gasteiger partial charge in [0.15, 0.2) is 5.82 Å². The van der Waals surface area contributed by atoms with Crippen LogP contribution < -0.4 is 4.90 Å². The van der Waals surface area contributed by atoms with Crippen LogP contribution in [0, 0.1) is 5.82 Å². The van der Waals surface area contributed by atoms with Crippen molar-refractivity contribution in [1.82, 2.24) is 14.9 Å². The van der Waals surface area contributed by atoms with Gasteiger partial charge in [-0.2, -0.15) is 0 Å². The van der Waals surface area contributed by atoms with E-state index in [1.807, 2.05) is 38.2 Å². The lowest BCUT2D eigenvalue weighted by molar-refractivity contribution is 0.416. The molecule has 0 aliphatic heterocycles. The zero-order chi connectivity index (χ0) is 18.0. The van der Waals surface area contributed by atoms with Gasteiger partial charge in [-0.05, 0) is 44.4 Å². The van der Waals surface area contributed by atoms with Crippen LogP contribution in [0.4, 0.5) is 10.2 Å². The van der Waals surface area contributed by atoms with Crippen LogP contribution in [0.1, 0.15) is 0 Å². The topological polar surface area (TPSA) is 32.3 Å². The second kappa shape index (κ2) is 7.33. The first-order chi connectivity index (χ1) is 12.0. The third-order valence-corrected chi connectivity index (χ3v) is 4.23. The number of halogens is 2. The summed E-state index contributed by atoms with van der Waals surface area (Å²) in [5.41, 5.74) is 1.13. The van der Waals surface area contributed by atoms with Crippen LogP contribution in [0.5, 0.6) is 0 Å². The second-order valence-electron chi connectivity index (χ2n) is 6.24. The number of rotatable bonds is 5. The highest BCUT2D eigenvalue weighted by Crippen LogP contribution is 2.30. The minimum Gasteiger partial charge on any atom is -0.358 e. The first-order valence-electron chi connectivity index (χ1n) is 8.04. The predicted octanol–water partition coefficient (Wildman–Crippen LogP) is 4.09. The number of anilines is 1. The zero-order valence-electron chi connectivity index (χ0n) is 14.5. The van der Waals surface area contributed by atoms with E-state index >= 15 is 0 Å². The number of hydrogen-bond donors (Lipinski definition) is 0. The predicted molar refractivity (Wildman–Crippen MR) is 102 cm³/mol. The molecule has 0 N–H and O–H groups in total. The molecule has 0 amide bonds. The molecule has 0 radical (unpaired) electrons. The molecule has 25 heavy (non-hydrogen) atoms. The van der Waals surface area contributed by atoms with Crippen LogP contribution in [-0.4, -0.2) is 49.1 Å². The molecule has 0 saturated heterocycles. The summed E-state index contributed by atoms with van der Waals surface area (Å²) >= 11 is 6.16. The summed E-state index contributed by atoms with van der Waals surface area (Å²) in [5.74, 6) is 0.782. The molecule has 0 fully saturated rings. The lowest BCUT2D eigenvalue weighted by Crippen LogP contribution is -2.29. The SMILES string of the molecule is CN(C)CCN(C)c1nc(-c2ccccc2F)nc2ccc(Cl)cc12. The van der Waals surface area contributed by atoms with Crippen molar-refractivity contribution in [1.29, 1.82) is 0 Å². The summed E-state index contributed by atoms with van der Waals surface area (Å²) in [6.07, 6.45) is 0. The Bertz CT molecular complexity index is 898. The summed E-state index contributed by atoms with van der Waals surface area (Å²) in [4.78, 5) is 13.3. The summed E-state index contributed by atoms with van der Waals surface area (Å²) < 4.78 is 14.2. The minimum absolute atomic E-state index is 0.335. The van der Waals surface area contributed by atoms with Gasteiger partial charge in [-0.15, -0.1) is 0 Å². The zero-order valence-corrected chi connectivity index (χ0v) is 15.3. The van der Waals surface area contributed by atoms with Gasteiger partial charge in [0, 0.05) is 30.5 Å². The van der Waals surface area contributed by atoms with Crippen molar-refractivity contribution in [3.05, 3.63) is 53.3 Å². The molecule has 0 spiro atoms. The van der Waals surface area contributed by atoms with Crippen molar-refractivity contribution in [2.24, 2.45) is 0 Å². The van der Waals surface area contributed by atoms with Crippen LogP contribution in [0.2, 0.25) is 5.02 Å². The van der Waals surface area contributed by atoms with E-state index in [1.165, 1.54) is 6.07 Å². The minimum atomic E-state index is -0.335. The molecule has 6 heteroatoms. The van der Waals surface area contributed by atoms with Gasteiger partial charge in [-0.1, -0.05) is 23.7 Å². The van der Waals surface area contributed by atoms with E-state index in [4.69, 9.17) is 11.6 Å². The molecule has 3 rings (SSSR count). The quantitative estimate of drug-likeness (QED) is 0.687. The standard InChI is InChI=1S/C19H20ClFN4/c1-24(2)10-11-25(3)19-15-12-13(20)8-9-17(15)22-18(23-19)14-6-4-5-7-16(14)21/h4-9,12H,10-11H2,1-3H3. The Kier molecular flexibility index (Phi) is 5.16. The lowest BCUT2D eigenvalue weighted by Gasteiger charge is -2.22. The number of nitrogens with zero attached hydrogens (tertiary/aromatic N) is 4. The largest absolute Gasteiger partial charge is 0.358 e. The van der Waals surface area contributed by atoms with Crippen molar-refractivity contribution >= 4 is 28.3 Å². The normalized spacial score (nSPS) is 11.3. The van der Waals surface area contributed by atoms with E-state index in [1.54, 1.807) is 24.3 Å². The van der Waals surface area contributed by atoms with Gasteiger partial charge < -0.3 is 9.80 Å². The number of fused-ring (bicyclic) bond motifs is 1. The molecule has 1 heterocycles. The maximum atomic E-state index is 14.2. The van der Waals surface area contributed by atoms with Gasteiger partial charge in [0.1, 0.15) is 11.6 Å². The Morgan fingerprint density at radius 2 is 1.76 bits per heavy atom. The van der Waals surface area contributed by atoms with Gasteiger partial charge in [0.05, 0.1) is 11.1 Å². The molecule has 4 nitrogen and oxygen atoms in total. The molecule has 0 aliphatic carbocycles. The van der Waals surface area contributed by atoms with E-state index < -0.39 is 0 Å². The van der Waals surface area contributed by atoms with Crippen LogP contribution in [0.25, 0.3) is 22.3 Å². The van der Waals surface area contributed by atoms with Crippen LogP contribution >= 0.6 is 11.6 Å². The van der Waals surface area contributed by atoms with Crippen LogP contribution in [0.15, 0.2) is 42.5 Å². The van der Waals surface area contributed by atoms with Gasteiger partial charge >= 0.3 is 0 Å². The molecule has 1 aromatic heterocycles. The Morgan fingerprint density at radius 3 is 2.48 bits per heavy atom. The van der Waals surface area contributed by atoms with Crippen LogP contribution in [0.3, 0.4) is 0 Å². The monoisotopic (exact) mass is 358 g/mol. The molecule has 2 aromatic carbocycles. The summed E-state index contributed by atoms with van der Waals surface area (Å²) in [6.45, 7) is 1.65. The number of benzene rings is 2. The van der Waals surface area contributed by atoms with Gasteiger partial charge in [-0.3, -0.25) is 0 Å². The Balaban J connectivity index is 2.15. The third kappa shape index (κ3) is 3.89. The van der Waals surface area contributed by atoms with Gasteiger partial charge in [0.2, 0.25) is 0 Å². The molecule has 0 bridgehead atoms. The van der Waals surface area contributed by atoms with E-state index in [0.717, 1.165) is 29.8 Å². The smallest absolute Gasteiger partial charge is 0.165 e. The van der Waals surface area contributed by atoms with Crippen LogP contribution in [-0.2, 0) is 0 Å².